The number of aliphatic hydroxyl groups excluding tert-OH is 1. The predicted octanol–water partition coefficient (Wildman–Crippen LogP) is 1.57. The highest BCUT2D eigenvalue weighted by Gasteiger charge is 2.06. The summed E-state index contributed by atoms with van der Waals surface area (Å²) >= 11 is 6.01. The summed E-state index contributed by atoms with van der Waals surface area (Å²) in [6.07, 6.45) is 1.69. The van der Waals surface area contributed by atoms with Gasteiger partial charge in [-0.25, -0.2) is 4.98 Å². The van der Waals surface area contributed by atoms with Crippen LogP contribution in [-0.4, -0.2) is 47.9 Å². The van der Waals surface area contributed by atoms with Gasteiger partial charge in [-0.2, -0.15) is 0 Å². The number of rotatable bonds is 8. The number of hydrogen-bond donors (Lipinski definition) is 1. The van der Waals surface area contributed by atoms with Crippen LogP contribution < -0.4 is 0 Å². The number of halogens is 1. The van der Waals surface area contributed by atoms with Crippen LogP contribution in [0.2, 0.25) is 5.15 Å². The van der Waals surface area contributed by atoms with E-state index in [1.165, 1.54) is 0 Å². The molecule has 96 valence electrons. The van der Waals surface area contributed by atoms with E-state index in [-0.39, 0.29) is 6.61 Å². The van der Waals surface area contributed by atoms with Gasteiger partial charge in [-0.3, -0.25) is 4.90 Å². The van der Waals surface area contributed by atoms with Crippen molar-refractivity contribution < 1.29 is 9.84 Å². The van der Waals surface area contributed by atoms with Crippen molar-refractivity contribution in [2.75, 3.05) is 32.9 Å². The first-order valence-electron chi connectivity index (χ1n) is 5.78. The molecular weight excluding hydrogens is 240 g/mol. The van der Waals surface area contributed by atoms with Crippen molar-refractivity contribution in [3.05, 3.63) is 29.0 Å². The molecule has 0 bridgehead atoms. The molecule has 0 saturated carbocycles. The average Bonchev–Trinajstić information content (AvgIpc) is 2.35. The van der Waals surface area contributed by atoms with Crippen molar-refractivity contribution in [1.29, 1.82) is 0 Å². The van der Waals surface area contributed by atoms with Crippen molar-refractivity contribution >= 4 is 11.6 Å². The third kappa shape index (κ3) is 5.46. The van der Waals surface area contributed by atoms with Gasteiger partial charge in [-0.15, -0.1) is 0 Å². The van der Waals surface area contributed by atoms with Gasteiger partial charge in [0.15, 0.2) is 0 Å². The Morgan fingerprint density at radius 1 is 1.47 bits per heavy atom. The molecule has 4 nitrogen and oxygen atoms in total. The van der Waals surface area contributed by atoms with Crippen LogP contribution in [-0.2, 0) is 11.3 Å². The van der Waals surface area contributed by atoms with Crippen LogP contribution in [0.1, 0.15) is 12.5 Å². The SMILES string of the molecule is CCN(CCOCCO)Cc1cccnc1Cl. The van der Waals surface area contributed by atoms with E-state index in [0.717, 1.165) is 25.2 Å². The maximum absolute atomic E-state index is 8.60. The molecule has 0 aliphatic heterocycles. The largest absolute Gasteiger partial charge is 0.394 e. The van der Waals surface area contributed by atoms with Gasteiger partial charge in [-0.1, -0.05) is 24.6 Å². The first kappa shape index (κ1) is 14.4. The molecule has 5 heteroatoms. The van der Waals surface area contributed by atoms with Crippen LogP contribution >= 0.6 is 11.6 Å². The van der Waals surface area contributed by atoms with Crippen molar-refractivity contribution in [2.45, 2.75) is 13.5 Å². The topological polar surface area (TPSA) is 45.6 Å². The van der Waals surface area contributed by atoms with Crippen LogP contribution in [0.15, 0.2) is 18.3 Å². The van der Waals surface area contributed by atoms with Gasteiger partial charge in [0, 0.05) is 24.8 Å². The summed E-state index contributed by atoms with van der Waals surface area (Å²) in [6.45, 7) is 5.69. The highest BCUT2D eigenvalue weighted by atomic mass is 35.5. The normalized spacial score (nSPS) is 11.1. The van der Waals surface area contributed by atoms with E-state index < -0.39 is 0 Å². The quantitative estimate of drug-likeness (QED) is 0.568. The third-order valence-electron chi connectivity index (χ3n) is 2.46. The lowest BCUT2D eigenvalue weighted by Crippen LogP contribution is -2.27. The number of pyridine rings is 1. The van der Waals surface area contributed by atoms with E-state index in [1.54, 1.807) is 6.20 Å². The van der Waals surface area contributed by atoms with Gasteiger partial charge < -0.3 is 9.84 Å². The monoisotopic (exact) mass is 258 g/mol. The smallest absolute Gasteiger partial charge is 0.133 e. The molecule has 0 aromatic carbocycles. The third-order valence-corrected chi connectivity index (χ3v) is 2.81. The van der Waals surface area contributed by atoms with E-state index >= 15 is 0 Å². The molecule has 17 heavy (non-hydrogen) atoms. The Bertz CT molecular complexity index is 323. The van der Waals surface area contributed by atoms with E-state index in [9.17, 15) is 0 Å². The van der Waals surface area contributed by atoms with Gasteiger partial charge in [0.1, 0.15) is 5.15 Å². The Morgan fingerprint density at radius 3 is 2.94 bits per heavy atom. The minimum absolute atomic E-state index is 0.0700. The lowest BCUT2D eigenvalue weighted by Gasteiger charge is -2.20. The van der Waals surface area contributed by atoms with Crippen LogP contribution in [0.4, 0.5) is 0 Å². The van der Waals surface area contributed by atoms with Crippen LogP contribution in [0.25, 0.3) is 0 Å². The Labute approximate surface area is 107 Å². The molecule has 0 amide bonds. The molecule has 1 heterocycles. The van der Waals surface area contributed by atoms with Gasteiger partial charge in [-0.05, 0) is 12.6 Å². The van der Waals surface area contributed by atoms with Gasteiger partial charge in [0.25, 0.3) is 0 Å². The number of aromatic nitrogens is 1. The fourth-order valence-corrected chi connectivity index (χ4v) is 1.67. The van der Waals surface area contributed by atoms with Gasteiger partial charge >= 0.3 is 0 Å². The molecule has 1 aromatic rings. The molecule has 1 rings (SSSR count). The fourth-order valence-electron chi connectivity index (χ4n) is 1.49. The lowest BCUT2D eigenvalue weighted by molar-refractivity contribution is 0.0732. The zero-order chi connectivity index (χ0) is 12.5. The minimum atomic E-state index is 0.0700. The van der Waals surface area contributed by atoms with Gasteiger partial charge in [0.05, 0.1) is 19.8 Å². The first-order valence-corrected chi connectivity index (χ1v) is 6.16. The summed E-state index contributed by atoms with van der Waals surface area (Å²) in [5, 5.41) is 9.15. The average molecular weight is 259 g/mol. The molecule has 1 aromatic heterocycles. The summed E-state index contributed by atoms with van der Waals surface area (Å²) < 4.78 is 5.24. The fraction of sp³-hybridized carbons (Fsp3) is 0.583. The second-order valence-corrected chi connectivity index (χ2v) is 4.02. The van der Waals surface area contributed by atoms with Crippen LogP contribution in [0.5, 0.6) is 0 Å². The second kappa shape index (κ2) is 8.42. The summed E-state index contributed by atoms with van der Waals surface area (Å²) in [4.78, 5) is 6.27. The van der Waals surface area contributed by atoms with Crippen LogP contribution in [0, 0.1) is 0 Å². The highest BCUT2D eigenvalue weighted by molar-refractivity contribution is 6.30. The molecule has 0 aliphatic rings. The number of ether oxygens (including phenoxy) is 1. The number of likely N-dealkylation sites (N-methyl/N-ethyl adjacent to an activating group) is 1. The van der Waals surface area contributed by atoms with Crippen molar-refractivity contribution in [2.24, 2.45) is 0 Å². The Kier molecular flexibility index (Phi) is 7.12. The zero-order valence-corrected chi connectivity index (χ0v) is 10.9. The van der Waals surface area contributed by atoms with E-state index in [0.29, 0.717) is 18.4 Å². The number of nitrogens with zero attached hydrogens (tertiary/aromatic N) is 2. The molecule has 0 spiro atoms. The molecule has 0 fully saturated rings. The zero-order valence-electron chi connectivity index (χ0n) is 10.1. The Morgan fingerprint density at radius 2 is 2.29 bits per heavy atom. The van der Waals surface area contributed by atoms with Crippen molar-refractivity contribution in [3.8, 4) is 0 Å². The van der Waals surface area contributed by atoms with E-state index in [2.05, 4.69) is 16.8 Å². The molecule has 0 radical (unpaired) electrons. The molecular formula is C12H19ClN2O2. The van der Waals surface area contributed by atoms with Crippen LogP contribution in [0.3, 0.4) is 0 Å². The molecule has 0 unspecified atom stereocenters. The predicted molar refractivity (Wildman–Crippen MR) is 68.1 cm³/mol. The Balaban J connectivity index is 2.38. The first-order chi connectivity index (χ1) is 8.27. The van der Waals surface area contributed by atoms with Crippen molar-refractivity contribution in [1.82, 2.24) is 9.88 Å². The van der Waals surface area contributed by atoms with E-state index in [4.69, 9.17) is 21.4 Å². The highest BCUT2D eigenvalue weighted by Crippen LogP contribution is 2.13. The number of hydrogen-bond acceptors (Lipinski definition) is 4. The maximum Gasteiger partial charge on any atom is 0.133 e. The molecule has 0 saturated heterocycles. The van der Waals surface area contributed by atoms with Gasteiger partial charge in [0.2, 0.25) is 0 Å². The molecule has 0 aliphatic carbocycles. The summed E-state index contributed by atoms with van der Waals surface area (Å²) in [5.74, 6) is 0. The number of aliphatic hydroxyl groups is 1. The molecule has 1 N–H and O–H groups in total. The summed E-state index contributed by atoms with van der Waals surface area (Å²) in [6, 6.07) is 3.86. The molecule has 0 atom stereocenters. The van der Waals surface area contributed by atoms with Crippen molar-refractivity contribution in [3.63, 3.8) is 0 Å². The summed E-state index contributed by atoms with van der Waals surface area (Å²) in [5.41, 5.74) is 1.03. The summed E-state index contributed by atoms with van der Waals surface area (Å²) in [7, 11) is 0. The maximum atomic E-state index is 8.60. The standard InChI is InChI=1S/C12H19ClN2O2/c1-2-15(6-8-17-9-7-16)10-11-4-3-5-14-12(11)13/h3-5,16H,2,6-10H2,1H3. The lowest BCUT2D eigenvalue weighted by atomic mass is 10.2. The second-order valence-electron chi connectivity index (χ2n) is 3.66. The van der Waals surface area contributed by atoms with E-state index in [1.807, 2.05) is 12.1 Å². The Hall–Kier alpha value is -0.680. The minimum Gasteiger partial charge on any atom is -0.394 e.